The smallest absolute Gasteiger partial charge is 0.282 e. The molecule has 0 unspecified atom stereocenters. The summed E-state index contributed by atoms with van der Waals surface area (Å²) in [6.45, 7) is 0.823. The Hall–Kier alpha value is -4.02. The van der Waals surface area contributed by atoms with Crippen LogP contribution >= 0.6 is 0 Å². The van der Waals surface area contributed by atoms with Crippen LogP contribution < -0.4 is 5.56 Å². The third kappa shape index (κ3) is 2.96. The normalized spacial score (nSPS) is 11.0. The van der Waals surface area contributed by atoms with Crippen molar-refractivity contribution < 1.29 is 44.3 Å². The lowest BCUT2D eigenvalue weighted by molar-refractivity contribution is 0.102. The molecular formula is C18H4F9N3O2. The predicted molar refractivity (Wildman–Crippen MR) is 85.3 cm³/mol. The molecule has 0 spiro atoms. The highest BCUT2D eigenvalue weighted by molar-refractivity contribution is 6.10. The molecule has 1 heterocycles. The molecule has 5 nitrogen and oxygen atoms in total. The van der Waals surface area contributed by atoms with Crippen LogP contribution in [0.5, 0.6) is 0 Å². The Kier molecular flexibility index (Phi) is 5.38. The minimum Gasteiger partial charge on any atom is -0.294 e. The van der Waals surface area contributed by atoms with E-state index in [9.17, 15) is 49.1 Å². The van der Waals surface area contributed by atoms with Gasteiger partial charge in [0.1, 0.15) is 28.4 Å². The van der Waals surface area contributed by atoms with Crippen LogP contribution in [0.25, 0.3) is 5.69 Å². The van der Waals surface area contributed by atoms with Crippen molar-refractivity contribution in [3.8, 4) is 11.8 Å². The molecule has 2 aromatic carbocycles. The Morgan fingerprint density at radius 2 is 1.19 bits per heavy atom. The molecule has 0 aliphatic heterocycles. The Labute approximate surface area is 169 Å². The van der Waals surface area contributed by atoms with Gasteiger partial charge >= 0.3 is 0 Å². The molecule has 3 rings (SSSR count). The van der Waals surface area contributed by atoms with Crippen LogP contribution in [0.2, 0.25) is 0 Å². The van der Waals surface area contributed by atoms with Gasteiger partial charge in [0, 0.05) is 5.69 Å². The second kappa shape index (κ2) is 7.59. The van der Waals surface area contributed by atoms with Gasteiger partial charge in [-0.15, -0.1) is 0 Å². The van der Waals surface area contributed by atoms with E-state index in [-0.39, 0.29) is 4.68 Å². The van der Waals surface area contributed by atoms with Crippen LogP contribution in [0.4, 0.5) is 39.5 Å². The summed E-state index contributed by atoms with van der Waals surface area (Å²) >= 11 is 0. The van der Waals surface area contributed by atoms with Crippen molar-refractivity contribution in [1.82, 2.24) is 9.78 Å². The molecule has 3 aromatic rings. The molecule has 0 amide bonds. The molecule has 0 saturated heterocycles. The molecule has 0 fully saturated rings. The molecule has 0 aliphatic carbocycles. The van der Waals surface area contributed by atoms with Crippen LogP contribution in [0.15, 0.2) is 4.79 Å². The zero-order valence-corrected chi connectivity index (χ0v) is 15.1. The number of aromatic amines is 1. The minimum atomic E-state index is -2.59. The number of halogens is 9. The van der Waals surface area contributed by atoms with Crippen LogP contribution in [-0.4, -0.2) is 15.6 Å². The topological polar surface area (TPSA) is 78.7 Å². The third-order valence-corrected chi connectivity index (χ3v) is 4.31. The second-order valence-electron chi connectivity index (χ2n) is 6.12. The van der Waals surface area contributed by atoms with E-state index in [1.807, 2.05) is 5.10 Å². The maximum absolute atomic E-state index is 14.2. The average molecular weight is 465 g/mol. The molecule has 1 N–H and O–H groups in total. The summed E-state index contributed by atoms with van der Waals surface area (Å²) in [5, 5.41) is 10.4. The number of nitriles is 1. The van der Waals surface area contributed by atoms with Gasteiger partial charge in [-0.1, -0.05) is 0 Å². The minimum absolute atomic E-state index is 0.271. The van der Waals surface area contributed by atoms with E-state index >= 15 is 0 Å². The number of carbonyl (C=O) groups is 1. The van der Waals surface area contributed by atoms with E-state index in [0.717, 1.165) is 13.0 Å². The molecular weight excluding hydrogens is 461 g/mol. The first-order valence-corrected chi connectivity index (χ1v) is 8.00. The van der Waals surface area contributed by atoms with Gasteiger partial charge in [0.2, 0.25) is 11.6 Å². The lowest BCUT2D eigenvalue weighted by Gasteiger charge is -2.08. The van der Waals surface area contributed by atoms with E-state index in [2.05, 4.69) is 0 Å². The van der Waals surface area contributed by atoms with Crippen LogP contribution in [0.3, 0.4) is 0 Å². The van der Waals surface area contributed by atoms with Crippen molar-refractivity contribution in [2.24, 2.45) is 0 Å². The fourth-order valence-electron chi connectivity index (χ4n) is 2.82. The fourth-order valence-corrected chi connectivity index (χ4v) is 2.82. The van der Waals surface area contributed by atoms with E-state index in [1.165, 1.54) is 0 Å². The van der Waals surface area contributed by atoms with Crippen LogP contribution in [-0.2, 0) is 0 Å². The highest BCUT2D eigenvalue weighted by Gasteiger charge is 2.34. The van der Waals surface area contributed by atoms with Crippen LogP contribution in [0, 0.1) is 70.6 Å². The standard InChI is InChI=1S/C18H4F9N3O2/c1-3-5(17(31)6-9(21)11(23)13(25)12(24)10(6)22)18(32)30(29-3)16-14(26)7(19)4(2-28)8(20)15(16)27/h29H,1H3. The summed E-state index contributed by atoms with van der Waals surface area (Å²) in [6.07, 6.45) is 0. The molecule has 32 heavy (non-hydrogen) atoms. The van der Waals surface area contributed by atoms with Crippen molar-refractivity contribution in [2.75, 3.05) is 0 Å². The molecule has 166 valence electrons. The van der Waals surface area contributed by atoms with Crippen molar-refractivity contribution in [1.29, 1.82) is 5.26 Å². The summed E-state index contributed by atoms with van der Waals surface area (Å²) < 4.78 is 124. The summed E-state index contributed by atoms with van der Waals surface area (Å²) in [4.78, 5) is 25.0. The van der Waals surface area contributed by atoms with Gasteiger partial charge in [-0.2, -0.15) is 5.26 Å². The van der Waals surface area contributed by atoms with Gasteiger partial charge in [0.05, 0.1) is 0 Å². The number of nitrogens with one attached hydrogen (secondary N) is 1. The summed E-state index contributed by atoms with van der Waals surface area (Å²) in [6, 6.07) is 0.856. The van der Waals surface area contributed by atoms with Gasteiger partial charge in [-0.3, -0.25) is 14.7 Å². The summed E-state index contributed by atoms with van der Waals surface area (Å²) in [7, 11) is 0. The van der Waals surface area contributed by atoms with Crippen molar-refractivity contribution in [2.45, 2.75) is 6.92 Å². The Morgan fingerprint density at radius 3 is 1.62 bits per heavy atom. The highest BCUT2D eigenvalue weighted by atomic mass is 19.2. The van der Waals surface area contributed by atoms with Crippen molar-refractivity contribution in [3.05, 3.63) is 85.1 Å². The lowest BCUT2D eigenvalue weighted by atomic mass is 10.0. The zero-order valence-electron chi connectivity index (χ0n) is 15.1. The maximum atomic E-state index is 14.2. The first kappa shape index (κ1) is 22.7. The number of benzene rings is 2. The Balaban J connectivity index is 2.33. The van der Waals surface area contributed by atoms with Gasteiger partial charge in [-0.05, 0) is 6.92 Å². The SMILES string of the molecule is Cc1[nH]n(-c2c(F)c(F)c(C#N)c(F)c2F)c(=O)c1C(=O)c1c(F)c(F)c(F)c(F)c1F. The van der Waals surface area contributed by atoms with E-state index in [4.69, 9.17) is 5.26 Å². The van der Waals surface area contributed by atoms with Gasteiger partial charge in [-0.25, -0.2) is 44.2 Å². The maximum Gasteiger partial charge on any atom is 0.282 e. The number of ketones is 1. The number of nitrogens with zero attached hydrogens (tertiary/aromatic N) is 2. The predicted octanol–water partition coefficient (Wildman–Crippen LogP) is 3.83. The van der Waals surface area contributed by atoms with E-state index < -0.39 is 91.8 Å². The lowest BCUT2D eigenvalue weighted by Crippen LogP contribution is -2.25. The first-order chi connectivity index (χ1) is 14.9. The monoisotopic (exact) mass is 465 g/mol. The van der Waals surface area contributed by atoms with E-state index in [1.54, 1.807) is 0 Å². The number of hydrogen-bond donors (Lipinski definition) is 1. The number of H-pyrrole nitrogens is 1. The summed E-state index contributed by atoms with van der Waals surface area (Å²) in [5.41, 5.74) is -9.41. The molecule has 0 atom stereocenters. The Morgan fingerprint density at radius 1 is 0.750 bits per heavy atom. The highest BCUT2D eigenvalue weighted by Crippen LogP contribution is 2.28. The van der Waals surface area contributed by atoms with Crippen molar-refractivity contribution in [3.63, 3.8) is 0 Å². The van der Waals surface area contributed by atoms with Gasteiger partial charge < -0.3 is 0 Å². The number of rotatable bonds is 3. The molecule has 0 bridgehead atoms. The Bertz CT molecular complexity index is 1380. The quantitative estimate of drug-likeness (QED) is 0.277. The molecule has 14 heteroatoms. The van der Waals surface area contributed by atoms with Crippen molar-refractivity contribution >= 4 is 5.78 Å². The van der Waals surface area contributed by atoms with Gasteiger partial charge in [0.15, 0.2) is 46.5 Å². The third-order valence-electron chi connectivity index (χ3n) is 4.31. The van der Waals surface area contributed by atoms with Gasteiger partial charge in [0.25, 0.3) is 5.56 Å². The number of aryl methyl sites for hydroxylation is 1. The number of hydrogen-bond acceptors (Lipinski definition) is 3. The molecule has 0 radical (unpaired) electrons. The molecule has 1 aromatic heterocycles. The summed E-state index contributed by atoms with van der Waals surface area (Å²) in [5.74, 6) is -23.8. The number of aromatic nitrogens is 2. The molecule has 0 aliphatic rings. The number of carbonyl (C=O) groups excluding carboxylic acids is 1. The fraction of sp³-hybridized carbons (Fsp3) is 0.0556. The average Bonchev–Trinajstić information content (AvgIpc) is 3.03. The van der Waals surface area contributed by atoms with E-state index in [0.29, 0.717) is 0 Å². The second-order valence-corrected chi connectivity index (χ2v) is 6.12. The first-order valence-electron chi connectivity index (χ1n) is 8.00. The largest absolute Gasteiger partial charge is 0.294 e. The van der Waals surface area contributed by atoms with Crippen LogP contribution in [0.1, 0.15) is 27.2 Å². The molecule has 0 saturated carbocycles. The zero-order chi connectivity index (χ0) is 24.2.